The van der Waals surface area contributed by atoms with Gasteiger partial charge < -0.3 is 10.6 Å². The summed E-state index contributed by atoms with van der Waals surface area (Å²) in [5.41, 5.74) is 1.04. The second-order valence-corrected chi connectivity index (χ2v) is 7.63. The average Bonchev–Trinajstić information content (AvgIpc) is 2.61. The first-order chi connectivity index (χ1) is 12.7. The lowest BCUT2D eigenvalue weighted by atomic mass is 10.2. The first-order valence-corrected chi connectivity index (χ1v) is 9.59. The molecule has 0 spiro atoms. The van der Waals surface area contributed by atoms with Gasteiger partial charge >= 0.3 is 0 Å². The highest BCUT2D eigenvalue weighted by molar-refractivity contribution is 7.89. The van der Waals surface area contributed by atoms with E-state index in [-0.39, 0.29) is 23.9 Å². The molecule has 0 aliphatic heterocycles. The Morgan fingerprint density at radius 2 is 1.48 bits per heavy atom. The van der Waals surface area contributed by atoms with Gasteiger partial charge in [-0.25, -0.2) is 12.8 Å². The van der Waals surface area contributed by atoms with Gasteiger partial charge in [-0.1, -0.05) is 6.92 Å². The number of nitrogens with one attached hydrogen (secondary N) is 2. The normalized spacial score (nSPS) is 11.3. The number of hydrogen-bond donors (Lipinski definition) is 2. The molecular formula is C18H20FN3O4S. The van der Waals surface area contributed by atoms with E-state index in [1.165, 1.54) is 6.92 Å². The van der Waals surface area contributed by atoms with E-state index in [2.05, 4.69) is 10.6 Å². The Morgan fingerprint density at radius 3 is 1.96 bits per heavy atom. The van der Waals surface area contributed by atoms with Crippen LogP contribution < -0.4 is 10.6 Å². The van der Waals surface area contributed by atoms with Gasteiger partial charge in [0.2, 0.25) is 21.8 Å². The number of amides is 2. The van der Waals surface area contributed by atoms with E-state index in [4.69, 9.17) is 0 Å². The molecule has 2 amide bonds. The van der Waals surface area contributed by atoms with Gasteiger partial charge in [0.25, 0.3) is 0 Å². The molecule has 27 heavy (non-hydrogen) atoms. The highest BCUT2D eigenvalue weighted by atomic mass is 32.2. The fraction of sp³-hybridized carbons (Fsp3) is 0.222. The Morgan fingerprint density at radius 1 is 0.963 bits per heavy atom. The Bertz CT molecular complexity index is 913. The number of sulfonamides is 1. The van der Waals surface area contributed by atoms with Crippen molar-refractivity contribution in [1.29, 1.82) is 0 Å². The van der Waals surface area contributed by atoms with Crippen LogP contribution in [0, 0.1) is 5.82 Å². The first-order valence-electron chi connectivity index (χ1n) is 8.15. The van der Waals surface area contributed by atoms with Crippen molar-refractivity contribution >= 4 is 33.2 Å². The van der Waals surface area contributed by atoms with Gasteiger partial charge in [-0.3, -0.25) is 9.59 Å². The van der Waals surface area contributed by atoms with Crippen molar-refractivity contribution in [2.24, 2.45) is 0 Å². The Hall–Kier alpha value is -2.78. The molecule has 9 heteroatoms. The Balaban J connectivity index is 2.06. The summed E-state index contributed by atoms with van der Waals surface area (Å²) in [7, 11) is -3.92. The summed E-state index contributed by atoms with van der Waals surface area (Å²) < 4.78 is 39.2. The minimum absolute atomic E-state index is 0.0780. The van der Waals surface area contributed by atoms with Gasteiger partial charge in [0.05, 0.1) is 11.4 Å². The molecule has 0 saturated heterocycles. The zero-order chi connectivity index (χ0) is 20.0. The quantitative estimate of drug-likeness (QED) is 0.755. The van der Waals surface area contributed by atoms with Crippen LogP contribution in [0.25, 0.3) is 0 Å². The summed E-state index contributed by atoms with van der Waals surface area (Å²) >= 11 is 0. The summed E-state index contributed by atoms with van der Waals surface area (Å²) in [6.07, 6.45) is 0. The van der Waals surface area contributed by atoms with Crippen molar-refractivity contribution in [3.05, 3.63) is 54.3 Å². The van der Waals surface area contributed by atoms with Crippen LogP contribution in [0.15, 0.2) is 53.4 Å². The number of carbonyl (C=O) groups is 2. The van der Waals surface area contributed by atoms with Crippen LogP contribution in [0.2, 0.25) is 0 Å². The minimum atomic E-state index is -3.92. The molecule has 0 aliphatic carbocycles. The van der Waals surface area contributed by atoms with E-state index in [1.54, 1.807) is 31.2 Å². The second kappa shape index (κ2) is 8.74. The molecule has 0 atom stereocenters. The van der Waals surface area contributed by atoms with Crippen molar-refractivity contribution in [2.75, 3.05) is 23.7 Å². The van der Waals surface area contributed by atoms with Crippen LogP contribution in [0.1, 0.15) is 13.8 Å². The van der Waals surface area contributed by atoms with E-state index in [0.717, 1.165) is 28.6 Å². The summed E-state index contributed by atoms with van der Waals surface area (Å²) in [5.74, 6) is -1.27. The molecule has 0 unspecified atom stereocenters. The van der Waals surface area contributed by atoms with Gasteiger partial charge in [0, 0.05) is 24.8 Å². The molecule has 0 aliphatic rings. The van der Waals surface area contributed by atoms with Crippen LogP contribution in [-0.2, 0) is 19.6 Å². The number of hydrogen-bond acceptors (Lipinski definition) is 4. The number of nitrogens with zero attached hydrogens (tertiary/aromatic N) is 1. The van der Waals surface area contributed by atoms with Crippen molar-refractivity contribution in [2.45, 2.75) is 18.7 Å². The molecule has 7 nitrogen and oxygen atoms in total. The third-order valence-corrected chi connectivity index (χ3v) is 5.55. The molecule has 2 aromatic carbocycles. The topological polar surface area (TPSA) is 95.6 Å². The van der Waals surface area contributed by atoms with Crippen LogP contribution in [0.3, 0.4) is 0 Å². The molecule has 2 aromatic rings. The summed E-state index contributed by atoms with van der Waals surface area (Å²) in [6.45, 7) is 2.69. The van der Waals surface area contributed by atoms with Gasteiger partial charge in [-0.2, -0.15) is 4.31 Å². The summed E-state index contributed by atoms with van der Waals surface area (Å²) in [4.78, 5) is 23.1. The number of anilines is 2. The highest BCUT2D eigenvalue weighted by Gasteiger charge is 2.25. The van der Waals surface area contributed by atoms with E-state index in [0.29, 0.717) is 11.4 Å². The zero-order valence-corrected chi connectivity index (χ0v) is 15.7. The van der Waals surface area contributed by atoms with Gasteiger partial charge in [-0.05, 0) is 48.5 Å². The maximum atomic E-state index is 13.0. The van der Waals surface area contributed by atoms with Crippen LogP contribution in [0.4, 0.5) is 15.8 Å². The van der Waals surface area contributed by atoms with E-state index in [1.807, 2.05) is 0 Å². The Kier molecular flexibility index (Phi) is 6.65. The molecule has 0 bridgehead atoms. The minimum Gasteiger partial charge on any atom is -0.326 e. The number of likely N-dealkylation sites (N-methyl/N-ethyl adjacent to an activating group) is 1. The summed E-state index contributed by atoms with van der Waals surface area (Å²) in [6, 6.07) is 10.8. The molecular weight excluding hydrogens is 373 g/mol. The largest absolute Gasteiger partial charge is 0.326 e. The predicted molar refractivity (Wildman–Crippen MR) is 100 cm³/mol. The Labute approximate surface area is 157 Å². The number of halogens is 1. The smallest absolute Gasteiger partial charge is 0.243 e. The van der Waals surface area contributed by atoms with Crippen LogP contribution in [0.5, 0.6) is 0 Å². The predicted octanol–water partition coefficient (Wildman–Crippen LogP) is 2.43. The third kappa shape index (κ3) is 5.60. The monoisotopic (exact) mass is 393 g/mol. The van der Waals surface area contributed by atoms with Gasteiger partial charge in [-0.15, -0.1) is 0 Å². The fourth-order valence-corrected chi connectivity index (χ4v) is 3.73. The third-order valence-electron chi connectivity index (χ3n) is 3.61. The lowest BCUT2D eigenvalue weighted by Crippen LogP contribution is -2.37. The molecule has 0 heterocycles. The first kappa shape index (κ1) is 20.5. The van der Waals surface area contributed by atoms with Crippen LogP contribution in [-0.4, -0.2) is 37.6 Å². The van der Waals surface area contributed by atoms with Crippen molar-refractivity contribution < 1.29 is 22.4 Å². The highest BCUT2D eigenvalue weighted by Crippen LogP contribution is 2.17. The van der Waals surface area contributed by atoms with Crippen molar-refractivity contribution in [1.82, 2.24) is 4.31 Å². The maximum Gasteiger partial charge on any atom is 0.243 e. The van der Waals surface area contributed by atoms with E-state index in [9.17, 15) is 22.4 Å². The van der Waals surface area contributed by atoms with E-state index < -0.39 is 21.7 Å². The number of benzene rings is 2. The molecule has 0 radical (unpaired) electrons. The van der Waals surface area contributed by atoms with Gasteiger partial charge in [0.1, 0.15) is 5.82 Å². The number of carbonyl (C=O) groups excluding carboxylic acids is 2. The lowest BCUT2D eigenvalue weighted by molar-refractivity contribution is -0.116. The summed E-state index contributed by atoms with van der Waals surface area (Å²) in [5, 5.41) is 5.20. The maximum absolute atomic E-state index is 13.0. The fourth-order valence-electron chi connectivity index (χ4n) is 2.32. The second-order valence-electron chi connectivity index (χ2n) is 5.69. The molecule has 2 rings (SSSR count). The molecule has 0 fully saturated rings. The zero-order valence-electron chi connectivity index (χ0n) is 14.9. The standard InChI is InChI=1S/C18H20FN3O4S/c1-3-22(27(25,26)17-10-4-14(19)5-11-17)12-18(24)21-16-8-6-15(7-9-16)20-13(2)23/h4-11H,3,12H2,1-2H3,(H,20,23)(H,21,24). The molecule has 0 saturated carbocycles. The lowest BCUT2D eigenvalue weighted by Gasteiger charge is -2.20. The van der Waals surface area contributed by atoms with Gasteiger partial charge in [0.15, 0.2) is 0 Å². The molecule has 2 N–H and O–H groups in total. The SMILES string of the molecule is CCN(CC(=O)Nc1ccc(NC(C)=O)cc1)S(=O)(=O)c1ccc(F)cc1. The number of rotatable bonds is 7. The van der Waals surface area contributed by atoms with Crippen LogP contribution >= 0.6 is 0 Å². The average molecular weight is 393 g/mol. The van der Waals surface area contributed by atoms with E-state index >= 15 is 0 Å². The van der Waals surface area contributed by atoms with Crippen molar-refractivity contribution in [3.8, 4) is 0 Å². The molecule has 144 valence electrons. The van der Waals surface area contributed by atoms with Crippen molar-refractivity contribution in [3.63, 3.8) is 0 Å². The molecule has 0 aromatic heterocycles.